The Morgan fingerprint density at radius 1 is 0.696 bits per heavy atom. The van der Waals surface area contributed by atoms with E-state index in [1.54, 1.807) is 0 Å². The van der Waals surface area contributed by atoms with E-state index in [-0.39, 0.29) is 19.5 Å². The number of hydrogen-bond acceptors (Lipinski definition) is 2. The average Bonchev–Trinajstić information content (AvgIpc) is 2.24. The molecule has 0 atom stereocenters. The molecule has 0 spiro atoms. The molecule has 6 N–H and O–H groups in total. The summed E-state index contributed by atoms with van der Waals surface area (Å²) in [6.07, 6.45) is 0. The molecule has 1 rings (SSSR count). The minimum atomic E-state index is -3.81. The third-order valence-corrected chi connectivity index (χ3v) is 2.24. The molecule has 0 radical (unpaired) electrons. The van der Waals surface area contributed by atoms with Crippen LogP contribution in [-0.4, -0.2) is 29.4 Å². The summed E-state index contributed by atoms with van der Waals surface area (Å²) >= 11 is 7.21. The maximum atomic E-state index is 7.56. The Morgan fingerprint density at radius 3 is 1.00 bits per heavy atom. The topological polar surface area (TPSA) is 121 Å². The summed E-state index contributed by atoms with van der Waals surface area (Å²) in [5.74, 6) is 1.28. The normalized spacial score (nSPS) is 11.0. The van der Waals surface area contributed by atoms with Gasteiger partial charge in [-0.3, -0.25) is 0 Å². The zero-order valence-corrected chi connectivity index (χ0v) is 20.0. The molecule has 0 heterocycles. The van der Waals surface area contributed by atoms with Crippen LogP contribution in [0.3, 0.4) is 0 Å². The van der Waals surface area contributed by atoms with E-state index in [4.69, 9.17) is 29.4 Å². The largest absolute Gasteiger partial charge is 0.325 e. The van der Waals surface area contributed by atoms with Crippen LogP contribution in [0.5, 0.6) is 0 Å². The van der Waals surface area contributed by atoms with E-state index < -0.39 is 13.4 Å². The SMILES string of the molecule is CC(C)c1ccccc1C(C)C.OP(O)(O)=S.OP(O)(O)=S.[Zn]. The number of rotatable bonds is 2. The Morgan fingerprint density at radius 2 is 0.870 bits per heavy atom. The molecular weight excluding hydrogens is 432 g/mol. The summed E-state index contributed by atoms with van der Waals surface area (Å²) in [6.45, 7) is 1.39. The monoisotopic (exact) mass is 454 g/mol. The molecule has 1 aromatic carbocycles. The van der Waals surface area contributed by atoms with Gasteiger partial charge in [-0.2, -0.15) is 0 Å². The van der Waals surface area contributed by atoms with Gasteiger partial charge in [-0.15, -0.1) is 0 Å². The van der Waals surface area contributed by atoms with Crippen LogP contribution in [0.4, 0.5) is 0 Å². The van der Waals surface area contributed by atoms with Gasteiger partial charge < -0.3 is 29.4 Å². The van der Waals surface area contributed by atoms with Crippen molar-refractivity contribution in [2.24, 2.45) is 0 Å². The van der Waals surface area contributed by atoms with Crippen molar-refractivity contribution in [2.75, 3.05) is 0 Å². The maximum absolute atomic E-state index is 7.56. The van der Waals surface area contributed by atoms with E-state index >= 15 is 0 Å². The molecule has 0 fully saturated rings. The van der Waals surface area contributed by atoms with E-state index in [9.17, 15) is 0 Å². The Bertz CT molecular complexity index is 467. The first kappa shape index (κ1) is 28.7. The van der Waals surface area contributed by atoms with Gasteiger partial charge in [0.2, 0.25) is 0 Å². The first-order valence-electron chi connectivity index (χ1n) is 6.28. The molecule has 0 saturated carbocycles. The fourth-order valence-corrected chi connectivity index (χ4v) is 1.56. The standard InChI is InChI=1S/C12H18.2H3O3PS.Zn/c1-9(2)11-7-5-6-8-12(11)10(3)4;2*1-4(2,3)5;/h5-10H,1-4H3;2*(H3,1,2,3,5);. The van der Waals surface area contributed by atoms with Crippen molar-refractivity contribution in [1.29, 1.82) is 0 Å². The molecule has 0 aliphatic rings. The molecule has 0 aliphatic carbocycles. The summed E-state index contributed by atoms with van der Waals surface area (Å²) in [6, 6.07) is 8.72. The van der Waals surface area contributed by atoms with Crippen LogP contribution < -0.4 is 0 Å². The molecule has 0 aromatic heterocycles. The molecule has 0 aliphatic heterocycles. The zero-order valence-electron chi connectivity index (χ0n) is 13.6. The fourth-order valence-electron chi connectivity index (χ4n) is 1.56. The second-order valence-corrected chi connectivity index (χ2v) is 9.96. The second-order valence-electron chi connectivity index (χ2n) is 4.96. The van der Waals surface area contributed by atoms with E-state index in [0.29, 0.717) is 11.8 Å². The maximum Gasteiger partial charge on any atom is 0.319 e. The zero-order chi connectivity index (χ0) is 18.1. The van der Waals surface area contributed by atoms with Crippen molar-refractivity contribution < 1.29 is 48.8 Å². The Hall–Kier alpha value is 0.903. The Balaban J connectivity index is -0.000000307. The van der Waals surface area contributed by atoms with Crippen LogP contribution in [-0.2, 0) is 43.1 Å². The molecule has 0 bridgehead atoms. The summed E-state index contributed by atoms with van der Waals surface area (Å²) in [5.41, 5.74) is 2.99. The fraction of sp³-hybridized carbons (Fsp3) is 0.500. The summed E-state index contributed by atoms with van der Waals surface area (Å²) in [5, 5.41) is 0. The van der Waals surface area contributed by atoms with Crippen molar-refractivity contribution in [1.82, 2.24) is 0 Å². The predicted molar refractivity (Wildman–Crippen MR) is 96.5 cm³/mol. The van der Waals surface area contributed by atoms with Gasteiger partial charge in [0.15, 0.2) is 0 Å². The van der Waals surface area contributed by atoms with Gasteiger partial charge in [0.05, 0.1) is 0 Å². The molecule has 0 amide bonds. The minimum Gasteiger partial charge on any atom is -0.325 e. The van der Waals surface area contributed by atoms with Crippen molar-refractivity contribution in [3.63, 3.8) is 0 Å². The first-order valence-corrected chi connectivity index (χ1v) is 11.6. The molecule has 6 nitrogen and oxygen atoms in total. The summed E-state index contributed by atoms with van der Waals surface area (Å²) in [7, 11) is 0. The Kier molecular flexibility index (Phi) is 16.4. The van der Waals surface area contributed by atoms with Gasteiger partial charge in [0, 0.05) is 19.5 Å². The third-order valence-electron chi connectivity index (χ3n) is 2.24. The van der Waals surface area contributed by atoms with Gasteiger partial charge in [0.25, 0.3) is 0 Å². The van der Waals surface area contributed by atoms with Gasteiger partial charge in [-0.25, -0.2) is 0 Å². The summed E-state index contributed by atoms with van der Waals surface area (Å²) in [4.78, 5) is 45.3. The third kappa shape index (κ3) is 25.3. The molecular formula is C12H24O6P2S2Zn. The van der Waals surface area contributed by atoms with Crippen LogP contribution in [0.25, 0.3) is 0 Å². The first-order chi connectivity index (χ1) is 9.63. The second kappa shape index (κ2) is 13.2. The Labute approximate surface area is 160 Å². The van der Waals surface area contributed by atoms with Crippen LogP contribution >= 0.6 is 13.4 Å². The van der Waals surface area contributed by atoms with Crippen molar-refractivity contribution in [2.45, 2.75) is 39.5 Å². The van der Waals surface area contributed by atoms with Crippen molar-refractivity contribution >= 4 is 37.1 Å². The average molecular weight is 456 g/mol. The molecule has 132 valence electrons. The van der Waals surface area contributed by atoms with E-state index in [2.05, 4.69) is 75.6 Å². The van der Waals surface area contributed by atoms with Crippen LogP contribution in [0, 0.1) is 0 Å². The van der Waals surface area contributed by atoms with Crippen LogP contribution in [0.2, 0.25) is 0 Å². The molecule has 0 saturated heterocycles. The number of benzene rings is 1. The van der Waals surface area contributed by atoms with Gasteiger partial charge in [-0.05, 0) is 46.6 Å². The smallest absolute Gasteiger partial charge is 0.319 e. The molecule has 23 heavy (non-hydrogen) atoms. The minimum absolute atomic E-state index is 0. The number of hydrogen-bond donors (Lipinski definition) is 6. The summed E-state index contributed by atoms with van der Waals surface area (Å²) < 4.78 is 0. The van der Waals surface area contributed by atoms with E-state index in [0.717, 1.165) is 0 Å². The van der Waals surface area contributed by atoms with Crippen LogP contribution in [0.1, 0.15) is 50.7 Å². The van der Waals surface area contributed by atoms with Crippen molar-refractivity contribution in [3.8, 4) is 0 Å². The van der Waals surface area contributed by atoms with Crippen LogP contribution in [0.15, 0.2) is 24.3 Å². The van der Waals surface area contributed by atoms with E-state index in [1.165, 1.54) is 11.1 Å². The molecule has 1 aromatic rings. The van der Waals surface area contributed by atoms with Gasteiger partial charge in [0.1, 0.15) is 0 Å². The van der Waals surface area contributed by atoms with Crippen molar-refractivity contribution in [3.05, 3.63) is 35.4 Å². The van der Waals surface area contributed by atoms with Gasteiger partial charge in [-0.1, -0.05) is 52.0 Å². The predicted octanol–water partition coefficient (Wildman–Crippen LogP) is 2.31. The van der Waals surface area contributed by atoms with E-state index in [1.807, 2.05) is 0 Å². The molecule has 0 unspecified atom stereocenters. The quantitative estimate of drug-likeness (QED) is 0.297. The molecule has 11 heteroatoms. The van der Waals surface area contributed by atoms with Gasteiger partial charge >= 0.3 is 13.4 Å².